The number of amides is 1. The lowest BCUT2D eigenvalue weighted by atomic mass is 10.00. The van der Waals surface area contributed by atoms with Gasteiger partial charge in [0.25, 0.3) is 5.91 Å². The van der Waals surface area contributed by atoms with E-state index in [0.29, 0.717) is 12.1 Å². The Hall–Kier alpha value is -3.69. The van der Waals surface area contributed by atoms with E-state index in [1.165, 1.54) is 33.4 Å². The number of fused-ring (bicyclic) bond motifs is 1. The highest BCUT2D eigenvalue weighted by molar-refractivity contribution is 5.94. The van der Waals surface area contributed by atoms with Crippen molar-refractivity contribution in [1.29, 1.82) is 0 Å². The fourth-order valence-corrected chi connectivity index (χ4v) is 4.40. The molecule has 3 heteroatoms. The van der Waals surface area contributed by atoms with Gasteiger partial charge < -0.3 is 5.32 Å². The maximum absolute atomic E-state index is 12.5. The maximum atomic E-state index is 12.5. The number of aryl methyl sites for hydroxylation is 1. The molecule has 0 aliphatic carbocycles. The molecule has 1 heterocycles. The summed E-state index contributed by atoms with van der Waals surface area (Å²) in [6, 6.07) is 33.5. The van der Waals surface area contributed by atoms with Crippen LogP contribution in [0.2, 0.25) is 0 Å². The van der Waals surface area contributed by atoms with E-state index >= 15 is 0 Å². The first-order valence-electron chi connectivity index (χ1n) is 11.5. The van der Waals surface area contributed by atoms with Crippen LogP contribution in [-0.4, -0.2) is 10.8 Å². The van der Waals surface area contributed by atoms with Crippen LogP contribution < -0.4 is 5.32 Å². The monoisotopic (exact) mass is 432 g/mol. The van der Waals surface area contributed by atoms with Crippen LogP contribution in [-0.2, 0) is 26.2 Å². The van der Waals surface area contributed by atoms with Gasteiger partial charge in [-0.3, -0.25) is 9.69 Å². The fourth-order valence-electron chi connectivity index (χ4n) is 4.40. The normalized spacial score (nSPS) is 13.0. The van der Waals surface area contributed by atoms with Crippen LogP contribution in [0.1, 0.15) is 38.2 Å². The summed E-state index contributed by atoms with van der Waals surface area (Å²) in [5.74, 6) is -0.0392. The van der Waals surface area contributed by atoms with Crippen molar-refractivity contribution in [3.63, 3.8) is 0 Å². The van der Waals surface area contributed by atoms with Crippen molar-refractivity contribution in [2.75, 3.05) is 0 Å². The predicted octanol–water partition coefficient (Wildman–Crippen LogP) is 6.11. The molecule has 4 aromatic rings. The topological polar surface area (TPSA) is 32.3 Å². The third-order valence-corrected chi connectivity index (χ3v) is 6.30. The number of carbonyl (C=O) groups excluding carboxylic acids is 1. The molecular weight excluding hydrogens is 404 g/mol. The number of hydrogen-bond acceptors (Lipinski definition) is 2. The second-order valence-electron chi connectivity index (χ2n) is 8.86. The van der Waals surface area contributed by atoms with Crippen LogP contribution in [0.5, 0.6) is 0 Å². The highest BCUT2D eigenvalue weighted by Crippen LogP contribution is 2.29. The summed E-state index contributed by atoms with van der Waals surface area (Å²) < 4.78 is 0. The molecule has 3 nitrogen and oxygen atoms in total. The Morgan fingerprint density at radius 3 is 2.21 bits per heavy atom. The first-order valence-corrected chi connectivity index (χ1v) is 11.5. The largest absolute Gasteiger partial charge is 0.348 e. The molecule has 0 saturated carbocycles. The molecule has 0 spiro atoms. The molecule has 0 bridgehead atoms. The Kier molecular flexibility index (Phi) is 6.05. The van der Waals surface area contributed by atoms with Gasteiger partial charge in [0.15, 0.2) is 0 Å². The number of rotatable bonds is 6. The predicted molar refractivity (Wildman–Crippen MR) is 134 cm³/mol. The van der Waals surface area contributed by atoms with Crippen molar-refractivity contribution in [1.82, 2.24) is 10.2 Å². The fraction of sp³-hybridized carbons (Fsp3) is 0.167. The van der Waals surface area contributed by atoms with Gasteiger partial charge in [-0.15, -0.1) is 0 Å². The minimum atomic E-state index is -0.0392. The van der Waals surface area contributed by atoms with Crippen LogP contribution in [0.15, 0.2) is 97.1 Å². The van der Waals surface area contributed by atoms with E-state index in [1.807, 2.05) is 42.5 Å². The molecule has 1 amide bonds. The summed E-state index contributed by atoms with van der Waals surface area (Å²) >= 11 is 0. The minimum absolute atomic E-state index is 0.0392. The average Bonchev–Trinajstić information content (AvgIpc) is 3.25. The first kappa shape index (κ1) is 21.2. The van der Waals surface area contributed by atoms with Crippen molar-refractivity contribution >= 4 is 5.91 Å². The van der Waals surface area contributed by atoms with Gasteiger partial charge in [0.05, 0.1) is 0 Å². The van der Waals surface area contributed by atoms with Gasteiger partial charge in [0.2, 0.25) is 0 Å². The molecule has 0 saturated heterocycles. The number of benzene rings is 4. The Bertz CT molecular complexity index is 1240. The summed E-state index contributed by atoms with van der Waals surface area (Å²) in [5.41, 5.74) is 9.66. The van der Waals surface area contributed by atoms with Crippen LogP contribution in [0, 0.1) is 6.92 Å². The summed E-state index contributed by atoms with van der Waals surface area (Å²) in [6.45, 7) is 5.45. The molecule has 1 aliphatic rings. The average molecular weight is 433 g/mol. The molecule has 0 fully saturated rings. The Morgan fingerprint density at radius 1 is 0.758 bits per heavy atom. The van der Waals surface area contributed by atoms with Crippen molar-refractivity contribution in [3.8, 4) is 11.1 Å². The third-order valence-electron chi connectivity index (χ3n) is 6.30. The second kappa shape index (κ2) is 9.43. The van der Waals surface area contributed by atoms with Crippen molar-refractivity contribution in [3.05, 3.63) is 130 Å². The lowest BCUT2D eigenvalue weighted by Gasteiger charge is -2.15. The molecule has 33 heavy (non-hydrogen) atoms. The van der Waals surface area contributed by atoms with Crippen LogP contribution >= 0.6 is 0 Å². The van der Waals surface area contributed by atoms with Gasteiger partial charge in [0, 0.05) is 31.7 Å². The second-order valence-corrected chi connectivity index (χ2v) is 8.86. The molecule has 164 valence electrons. The summed E-state index contributed by atoms with van der Waals surface area (Å²) in [5, 5.41) is 2.99. The van der Waals surface area contributed by atoms with Gasteiger partial charge in [-0.05, 0) is 58.5 Å². The maximum Gasteiger partial charge on any atom is 0.251 e. The van der Waals surface area contributed by atoms with Gasteiger partial charge in [-0.1, -0.05) is 84.4 Å². The molecule has 0 unspecified atom stereocenters. The van der Waals surface area contributed by atoms with E-state index in [0.717, 1.165) is 25.2 Å². The first-order chi connectivity index (χ1) is 16.1. The number of nitrogens with zero attached hydrogens (tertiary/aromatic N) is 1. The van der Waals surface area contributed by atoms with E-state index < -0.39 is 0 Å². The summed E-state index contributed by atoms with van der Waals surface area (Å²) in [4.78, 5) is 14.9. The van der Waals surface area contributed by atoms with Crippen molar-refractivity contribution in [2.45, 2.75) is 33.1 Å². The molecule has 0 atom stereocenters. The molecule has 1 N–H and O–H groups in total. The Balaban J connectivity index is 1.19. The lowest BCUT2D eigenvalue weighted by molar-refractivity contribution is 0.0951. The zero-order valence-corrected chi connectivity index (χ0v) is 18.9. The zero-order valence-electron chi connectivity index (χ0n) is 18.9. The summed E-state index contributed by atoms with van der Waals surface area (Å²) in [6.07, 6.45) is 0. The highest BCUT2D eigenvalue weighted by Gasteiger charge is 2.19. The van der Waals surface area contributed by atoms with Gasteiger partial charge in [0.1, 0.15) is 0 Å². The smallest absolute Gasteiger partial charge is 0.251 e. The highest BCUT2D eigenvalue weighted by atomic mass is 16.1. The Labute approximate surface area is 195 Å². The number of hydrogen-bond donors (Lipinski definition) is 1. The molecular formula is C30H28N2O. The van der Waals surface area contributed by atoms with Gasteiger partial charge >= 0.3 is 0 Å². The van der Waals surface area contributed by atoms with E-state index in [2.05, 4.69) is 71.7 Å². The van der Waals surface area contributed by atoms with Gasteiger partial charge in [-0.25, -0.2) is 0 Å². The van der Waals surface area contributed by atoms with Crippen molar-refractivity contribution in [2.24, 2.45) is 0 Å². The van der Waals surface area contributed by atoms with E-state index in [1.54, 1.807) is 0 Å². The van der Waals surface area contributed by atoms with E-state index in [9.17, 15) is 4.79 Å². The molecule has 4 aromatic carbocycles. The molecule has 1 aliphatic heterocycles. The lowest BCUT2D eigenvalue weighted by Crippen LogP contribution is -2.22. The van der Waals surface area contributed by atoms with Crippen LogP contribution in [0.25, 0.3) is 11.1 Å². The molecule has 5 rings (SSSR count). The van der Waals surface area contributed by atoms with Crippen LogP contribution in [0.3, 0.4) is 0 Å². The van der Waals surface area contributed by atoms with E-state index in [-0.39, 0.29) is 5.91 Å². The summed E-state index contributed by atoms with van der Waals surface area (Å²) in [7, 11) is 0. The Morgan fingerprint density at radius 2 is 1.45 bits per heavy atom. The minimum Gasteiger partial charge on any atom is -0.348 e. The standard InChI is InChI=1S/C30H28N2O/c1-22-7-11-25(12-8-22)27-15-16-28-20-32(21-29(28)17-27)19-24-9-13-26(14-10-24)30(33)31-18-23-5-3-2-4-6-23/h2-17H,18-21H2,1H3,(H,31,33). The number of nitrogens with one attached hydrogen (secondary N) is 1. The quantitative estimate of drug-likeness (QED) is 0.399. The van der Waals surface area contributed by atoms with Gasteiger partial charge in [-0.2, -0.15) is 0 Å². The third kappa shape index (κ3) is 5.05. The zero-order chi connectivity index (χ0) is 22.6. The number of carbonyl (C=O) groups is 1. The van der Waals surface area contributed by atoms with Crippen molar-refractivity contribution < 1.29 is 4.79 Å². The van der Waals surface area contributed by atoms with Crippen LogP contribution in [0.4, 0.5) is 0 Å². The van der Waals surface area contributed by atoms with E-state index in [4.69, 9.17) is 0 Å². The SMILES string of the molecule is Cc1ccc(-c2ccc3c(c2)CN(Cc2ccc(C(=O)NCc4ccccc4)cc2)C3)cc1. The molecule has 0 radical (unpaired) electrons. The molecule has 0 aromatic heterocycles.